The summed E-state index contributed by atoms with van der Waals surface area (Å²) in [6, 6.07) is 8.69. The highest BCUT2D eigenvalue weighted by atomic mass is 32.2. The zero-order valence-corrected chi connectivity index (χ0v) is 14.1. The van der Waals surface area contributed by atoms with Crippen LogP contribution >= 0.6 is 11.8 Å². The number of benzene rings is 1. The van der Waals surface area contributed by atoms with Crippen LogP contribution in [0, 0.1) is 0 Å². The number of ether oxygens (including phenoxy) is 1. The molecule has 2 aliphatic rings. The number of nitrogens with zero attached hydrogens (tertiary/aromatic N) is 1. The minimum absolute atomic E-state index is 0.0795. The Hall–Kier alpha value is -2.02. The van der Waals surface area contributed by atoms with Crippen molar-refractivity contribution in [3.8, 4) is 5.75 Å². The van der Waals surface area contributed by atoms with Gasteiger partial charge in [-0.1, -0.05) is 42.8 Å². The van der Waals surface area contributed by atoms with Gasteiger partial charge in [0.25, 0.3) is 11.1 Å². The number of hydrogen-bond acceptors (Lipinski definition) is 5. The Balaban J connectivity index is 1.58. The van der Waals surface area contributed by atoms with Gasteiger partial charge in [0, 0.05) is 6.04 Å². The third kappa shape index (κ3) is 3.90. The van der Waals surface area contributed by atoms with Crippen LogP contribution in [0.15, 0.2) is 30.3 Å². The summed E-state index contributed by atoms with van der Waals surface area (Å²) < 4.78 is 5.45. The second kappa shape index (κ2) is 7.70. The lowest BCUT2D eigenvalue weighted by atomic mass is 9.89. The van der Waals surface area contributed by atoms with Crippen LogP contribution in [-0.2, 0) is 9.59 Å². The summed E-state index contributed by atoms with van der Waals surface area (Å²) >= 11 is 1.04. The summed E-state index contributed by atoms with van der Waals surface area (Å²) in [6.45, 7) is -0.0795. The number of carbonyl (C=O) groups excluding carboxylic acids is 3. The van der Waals surface area contributed by atoms with Gasteiger partial charge in [0.05, 0.1) is 11.8 Å². The smallest absolute Gasteiger partial charge is 0.289 e. The topological polar surface area (TPSA) is 75.7 Å². The van der Waals surface area contributed by atoms with Gasteiger partial charge in [-0.2, -0.15) is 0 Å². The first-order valence-corrected chi connectivity index (χ1v) is 9.10. The molecule has 1 aromatic rings. The van der Waals surface area contributed by atoms with Gasteiger partial charge in [0.1, 0.15) is 5.75 Å². The highest BCUT2D eigenvalue weighted by molar-refractivity contribution is 8.14. The van der Waals surface area contributed by atoms with Gasteiger partial charge in [-0.15, -0.1) is 0 Å². The van der Waals surface area contributed by atoms with Crippen LogP contribution in [0.1, 0.15) is 25.7 Å². The molecule has 0 aromatic heterocycles. The number of rotatable bonds is 5. The third-order valence-corrected chi connectivity index (χ3v) is 5.14. The maximum Gasteiger partial charge on any atom is 0.289 e. The molecule has 1 saturated heterocycles. The van der Waals surface area contributed by atoms with E-state index in [1.807, 2.05) is 18.2 Å². The van der Waals surface area contributed by atoms with E-state index in [4.69, 9.17) is 4.74 Å². The normalized spacial score (nSPS) is 24.1. The van der Waals surface area contributed by atoms with Crippen molar-refractivity contribution in [2.45, 2.75) is 37.8 Å². The standard InChI is InChI=1S/C17H20N2O4S/c20-15(10-23-12-6-2-1-3-7-12)18-13-8-4-5-9-14(13)19-16(21)11-24-17(19)22/h1-3,6-7,13-14H,4-5,8-11H2,(H,18,20). The number of nitrogens with one attached hydrogen (secondary N) is 1. The summed E-state index contributed by atoms with van der Waals surface area (Å²) in [5.74, 6) is 0.445. The Morgan fingerprint density at radius 1 is 1.21 bits per heavy atom. The summed E-state index contributed by atoms with van der Waals surface area (Å²) in [5, 5.41) is 2.74. The lowest BCUT2D eigenvalue weighted by Crippen LogP contribution is -2.55. The van der Waals surface area contributed by atoms with Crippen molar-refractivity contribution in [3.63, 3.8) is 0 Å². The van der Waals surface area contributed by atoms with Crippen LogP contribution in [0.5, 0.6) is 5.75 Å². The van der Waals surface area contributed by atoms with Crippen LogP contribution in [0.25, 0.3) is 0 Å². The fraction of sp³-hybridized carbons (Fsp3) is 0.471. The number of para-hydroxylation sites is 1. The maximum absolute atomic E-state index is 12.2. The van der Waals surface area contributed by atoms with Crippen LogP contribution in [-0.4, -0.2) is 46.4 Å². The van der Waals surface area contributed by atoms with Crippen molar-refractivity contribution in [1.29, 1.82) is 0 Å². The summed E-state index contributed by atoms with van der Waals surface area (Å²) in [7, 11) is 0. The van der Waals surface area contributed by atoms with E-state index < -0.39 is 0 Å². The third-order valence-electron chi connectivity index (χ3n) is 4.31. The van der Waals surface area contributed by atoms with Crippen LogP contribution in [0.4, 0.5) is 4.79 Å². The fourth-order valence-electron chi connectivity index (χ4n) is 3.19. The van der Waals surface area contributed by atoms with Gasteiger partial charge in [0.15, 0.2) is 6.61 Å². The molecule has 1 aliphatic carbocycles. The Morgan fingerprint density at radius 2 is 1.96 bits per heavy atom. The molecule has 1 aromatic carbocycles. The fourth-order valence-corrected chi connectivity index (χ4v) is 3.95. The number of carbonyl (C=O) groups is 3. The number of thioether (sulfide) groups is 1. The van der Waals surface area contributed by atoms with Crippen molar-refractivity contribution in [2.24, 2.45) is 0 Å². The van der Waals surface area contributed by atoms with E-state index in [1.165, 1.54) is 4.90 Å². The Labute approximate surface area is 144 Å². The Bertz CT molecular complexity index is 606. The highest BCUT2D eigenvalue weighted by Crippen LogP contribution is 2.30. The SMILES string of the molecule is O=C(COc1ccccc1)NC1CCCCC1N1C(=O)CSC1=O. The maximum atomic E-state index is 12.2. The lowest BCUT2D eigenvalue weighted by molar-refractivity contribution is -0.129. The number of hydrogen-bond donors (Lipinski definition) is 1. The first-order valence-electron chi connectivity index (χ1n) is 8.11. The van der Waals surface area contributed by atoms with E-state index in [0.717, 1.165) is 37.4 Å². The first kappa shape index (κ1) is 16.8. The van der Waals surface area contributed by atoms with Crippen molar-refractivity contribution in [3.05, 3.63) is 30.3 Å². The second-order valence-electron chi connectivity index (χ2n) is 5.95. The van der Waals surface area contributed by atoms with E-state index in [1.54, 1.807) is 12.1 Å². The molecule has 0 radical (unpaired) electrons. The average molecular weight is 348 g/mol. The van der Waals surface area contributed by atoms with Crippen molar-refractivity contribution >= 4 is 28.8 Å². The van der Waals surface area contributed by atoms with E-state index >= 15 is 0 Å². The van der Waals surface area contributed by atoms with E-state index in [9.17, 15) is 14.4 Å². The lowest BCUT2D eigenvalue weighted by Gasteiger charge is -2.36. The van der Waals surface area contributed by atoms with Crippen molar-refractivity contribution in [1.82, 2.24) is 10.2 Å². The van der Waals surface area contributed by atoms with Gasteiger partial charge in [-0.05, 0) is 25.0 Å². The van der Waals surface area contributed by atoms with Gasteiger partial charge in [-0.3, -0.25) is 19.3 Å². The van der Waals surface area contributed by atoms with Crippen LogP contribution in [0.3, 0.4) is 0 Å². The van der Waals surface area contributed by atoms with E-state index in [-0.39, 0.29) is 41.5 Å². The molecule has 1 saturated carbocycles. The molecule has 3 amide bonds. The zero-order chi connectivity index (χ0) is 16.9. The van der Waals surface area contributed by atoms with E-state index in [2.05, 4.69) is 5.32 Å². The quantitative estimate of drug-likeness (QED) is 0.883. The minimum Gasteiger partial charge on any atom is -0.484 e. The first-order chi connectivity index (χ1) is 11.6. The largest absolute Gasteiger partial charge is 0.484 e. The molecular formula is C17H20N2O4S. The molecule has 7 heteroatoms. The second-order valence-corrected chi connectivity index (χ2v) is 6.87. The molecule has 2 unspecified atom stereocenters. The molecule has 0 spiro atoms. The van der Waals surface area contributed by atoms with Crippen LogP contribution in [0.2, 0.25) is 0 Å². The molecule has 6 nitrogen and oxygen atoms in total. The van der Waals surface area contributed by atoms with Gasteiger partial charge >= 0.3 is 0 Å². The highest BCUT2D eigenvalue weighted by Gasteiger charge is 2.41. The summed E-state index contributed by atoms with van der Waals surface area (Å²) in [5.41, 5.74) is 0. The molecule has 1 heterocycles. The molecule has 24 heavy (non-hydrogen) atoms. The number of imide groups is 1. The Kier molecular flexibility index (Phi) is 5.40. The molecule has 2 fully saturated rings. The molecule has 3 rings (SSSR count). The molecule has 0 bridgehead atoms. The van der Waals surface area contributed by atoms with Crippen molar-refractivity contribution < 1.29 is 19.1 Å². The molecule has 1 aliphatic heterocycles. The van der Waals surface area contributed by atoms with Gasteiger partial charge in [0.2, 0.25) is 5.91 Å². The zero-order valence-electron chi connectivity index (χ0n) is 13.3. The Morgan fingerprint density at radius 3 is 2.67 bits per heavy atom. The van der Waals surface area contributed by atoms with Gasteiger partial charge < -0.3 is 10.1 Å². The predicted molar refractivity (Wildman–Crippen MR) is 90.8 cm³/mol. The van der Waals surface area contributed by atoms with E-state index in [0.29, 0.717) is 5.75 Å². The minimum atomic E-state index is -0.241. The van der Waals surface area contributed by atoms with Gasteiger partial charge in [-0.25, -0.2) is 0 Å². The summed E-state index contributed by atoms with van der Waals surface area (Å²) in [4.78, 5) is 37.4. The number of amides is 3. The van der Waals surface area contributed by atoms with Crippen molar-refractivity contribution in [2.75, 3.05) is 12.4 Å². The monoisotopic (exact) mass is 348 g/mol. The predicted octanol–water partition coefficient (Wildman–Crippen LogP) is 2.19. The molecule has 1 N–H and O–H groups in total. The molecule has 2 atom stereocenters. The molecular weight excluding hydrogens is 328 g/mol. The summed E-state index contributed by atoms with van der Waals surface area (Å²) in [6.07, 6.45) is 3.44. The molecule has 128 valence electrons. The van der Waals surface area contributed by atoms with Crippen LogP contribution < -0.4 is 10.1 Å². The average Bonchev–Trinajstić information content (AvgIpc) is 2.93.